The summed E-state index contributed by atoms with van der Waals surface area (Å²) in [6.45, 7) is 7.87. The molecule has 5 nitrogen and oxygen atoms in total. The van der Waals surface area contributed by atoms with Gasteiger partial charge in [-0.1, -0.05) is 6.07 Å². The molecule has 0 bridgehead atoms. The molecule has 0 amide bonds. The van der Waals surface area contributed by atoms with Crippen LogP contribution >= 0.6 is 0 Å². The van der Waals surface area contributed by atoms with Crippen molar-refractivity contribution in [3.8, 4) is 0 Å². The van der Waals surface area contributed by atoms with Crippen molar-refractivity contribution in [1.29, 1.82) is 0 Å². The van der Waals surface area contributed by atoms with E-state index in [-0.39, 0.29) is 23.3 Å². The molecule has 0 atom stereocenters. The molecule has 0 aliphatic carbocycles. The average Bonchev–Trinajstić information content (AvgIpc) is 2.40. The first kappa shape index (κ1) is 15.9. The highest BCUT2D eigenvalue weighted by molar-refractivity contribution is 4.94. The summed E-state index contributed by atoms with van der Waals surface area (Å²) in [5, 5.41) is 0. The Morgan fingerprint density at radius 1 is 0.900 bits per heavy atom. The van der Waals surface area contributed by atoms with Gasteiger partial charge in [0, 0.05) is 36.7 Å². The minimum Gasteiger partial charge on any atom is -0.313 e. The highest BCUT2D eigenvalue weighted by atomic mass is 16.1. The lowest BCUT2D eigenvalue weighted by Crippen LogP contribution is -2.22. The third-order valence-corrected chi connectivity index (χ3v) is 2.70. The molecule has 20 heavy (non-hydrogen) atoms. The van der Waals surface area contributed by atoms with E-state index in [9.17, 15) is 9.59 Å². The van der Waals surface area contributed by atoms with E-state index in [1.807, 2.05) is 33.8 Å². The predicted molar refractivity (Wildman–Crippen MR) is 80.0 cm³/mol. The maximum Gasteiger partial charge on any atom is 0.347 e. The van der Waals surface area contributed by atoms with Crippen molar-refractivity contribution in [1.82, 2.24) is 14.1 Å². The first-order valence-corrected chi connectivity index (χ1v) is 6.63. The summed E-state index contributed by atoms with van der Waals surface area (Å²) in [5.41, 5.74) is -0.116. The first-order valence-electron chi connectivity index (χ1n) is 6.63. The minimum atomic E-state index is -0.183. The summed E-state index contributed by atoms with van der Waals surface area (Å²) >= 11 is 0. The van der Waals surface area contributed by atoms with Crippen molar-refractivity contribution in [2.75, 3.05) is 0 Å². The van der Waals surface area contributed by atoms with Gasteiger partial charge in [0.2, 0.25) is 0 Å². The first-order chi connectivity index (χ1) is 9.43. The number of hydrogen-bond donors (Lipinski definition) is 0. The smallest absolute Gasteiger partial charge is 0.313 e. The van der Waals surface area contributed by atoms with Gasteiger partial charge in [0.1, 0.15) is 0 Å². The SMILES string of the molecule is CC(C)n1ccccc1=O.CC(C)n1cccnc1=O. The van der Waals surface area contributed by atoms with Crippen LogP contribution in [0, 0.1) is 0 Å². The Morgan fingerprint density at radius 3 is 1.90 bits per heavy atom. The lowest BCUT2D eigenvalue weighted by Gasteiger charge is -2.06. The predicted octanol–water partition coefficient (Wildman–Crippen LogP) is 2.25. The summed E-state index contributed by atoms with van der Waals surface area (Å²) in [5.74, 6) is 0. The zero-order valence-corrected chi connectivity index (χ0v) is 12.4. The number of pyridine rings is 1. The number of aromatic nitrogens is 3. The minimum absolute atomic E-state index is 0.0671. The normalized spacial score (nSPS) is 10.3. The van der Waals surface area contributed by atoms with Crippen molar-refractivity contribution in [2.24, 2.45) is 0 Å². The van der Waals surface area contributed by atoms with Gasteiger partial charge in [0.25, 0.3) is 5.56 Å². The van der Waals surface area contributed by atoms with Gasteiger partial charge >= 0.3 is 5.69 Å². The van der Waals surface area contributed by atoms with E-state index in [0.717, 1.165) is 0 Å². The van der Waals surface area contributed by atoms with E-state index in [1.165, 1.54) is 6.20 Å². The second-order valence-corrected chi connectivity index (χ2v) is 4.94. The Bertz CT molecular complexity index is 584. The zero-order valence-electron chi connectivity index (χ0n) is 12.4. The second-order valence-electron chi connectivity index (χ2n) is 4.94. The fourth-order valence-corrected chi connectivity index (χ4v) is 1.63. The molecule has 0 spiro atoms. The molecule has 2 aromatic heterocycles. The molecule has 0 aliphatic rings. The van der Waals surface area contributed by atoms with Crippen LogP contribution < -0.4 is 11.2 Å². The molecule has 108 valence electrons. The van der Waals surface area contributed by atoms with Crippen LogP contribution in [0.4, 0.5) is 0 Å². The van der Waals surface area contributed by atoms with Crippen LogP contribution in [0.3, 0.4) is 0 Å². The van der Waals surface area contributed by atoms with Gasteiger partial charge in [-0.25, -0.2) is 9.78 Å². The third kappa shape index (κ3) is 4.50. The number of rotatable bonds is 2. The van der Waals surface area contributed by atoms with Gasteiger partial charge in [0.05, 0.1) is 0 Å². The quantitative estimate of drug-likeness (QED) is 0.844. The van der Waals surface area contributed by atoms with Gasteiger partial charge in [-0.2, -0.15) is 0 Å². The molecule has 2 rings (SSSR count). The zero-order chi connectivity index (χ0) is 15.1. The molecule has 0 radical (unpaired) electrons. The number of hydrogen-bond acceptors (Lipinski definition) is 3. The molecule has 0 saturated carbocycles. The second kappa shape index (κ2) is 7.43. The van der Waals surface area contributed by atoms with Crippen molar-refractivity contribution in [3.63, 3.8) is 0 Å². The molecule has 0 fully saturated rings. The van der Waals surface area contributed by atoms with Crippen molar-refractivity contribution in [3.05, 3.63) is 63.7 Å². The fraction of sp³-hybridized carbons (Fsp3) is 0.400. The summed E-state index contributed by atoms with van der Waals surface area (Å²) in [6.07, 6.45) is 5.04. The van der Waals surface area contributed by atoms with Gasteiger partial charge in [-0.05, 0) is 39.8 Å². The summed E-state index contributed by atoms with van der Waals surface area (Å²) < 4.78 is 3.28. The molecular weight excluding hydrogens is 254 g/mol. The van der Waals surface area contributed by atoms with E-state index in [4.69, 9.17) is 0 Å². The van der Waals surface area contributed by atoms with Gasteiger partial charge < -0.3 is 4.57 Å². The molecule has 0 unspecified atom stereocenters. The molecule has 0 saturated heterocycles. The fourth-order valence-electron chi connectivity index (χ4n) is 1.63. The lowest BCUT2D eigenvalue weighted by molar-refractivity contribution is 0.563. The van der Waals surface area contributed by atoms with Crippen molar-refractivity contribution in [2.45, 2.75) is 39.8 Å². The summed E-state index contributed by atoms with van der Waals surface area (Å²) in [6, 6.07) is 7.39. The van der Waals surface area contributed by atoms with Gasteiger partial charge in [-0.15, -0.1) is 0 Å². The van der Waals surface area contributed by atoms with Crippen molar-refractivity contribution < 1.29 is 0 Å². The largest absolute Gasteiger partial charge is 0.347 e. The van der Waals surface area contributed by atoms with Crippen LogP contribution in [0.5, 0.6) is 0 Å². The van der Waals surface area contributed by atoms with Crippen LogP contribution in [0.1, 0.15) is 39.8 Å². The standard InChI is InChI=1S/C8H11NO.C7H10N2O/c1-7(2)9-6-4-3-5-8(9)10;1-6(2)9-5-3-4-8-7(9)10/h3-7H,1-2H3;3-6H,1-2H3. The molecule has 0 N–H and O–H groups in total. The van der Waals surface area contributed by atoms with Crippen LogP contribution in [-0.4, -0.2) is 14.1 Å². The molecule has 0 aromatic carbocycles. The Morgan fingerprint density at radius 2 is 1.50 bits per heavy atom. The highest BCUT2D eigenvalue weighted by Crippen LogP contribution is 1.97. The molecular formula is C15H21N3O2. The Labute approximate surface area is 118 Å². The Kier molecular flexibility index (Phi) is 5.90. The van der Waals surface area contributed by atoms with E-state index in [0.29, 0.717) is 0 Å². The van der Waals surface area contributed by atoms with Crippen LogP contribution in [0.2, 0.25) is 0 Å². The number of nitrogens with zero attached hydrogens (tertiary/aromatic N) is 3. The topological polar surface area (TPSA) is 56.9 Å². The summed E-state index contributed by atoms with van der Waals surface area (Å²) in [4.78, 5) is 25.5. The van der Waals surface area contributed by atoms with Crippen molar-refractivity contribution >= 4 is 0 Å². The van der Waals surface area contributed by atoms with Crippen LogP contribution in [0.15, 0.2) is 52.4 Å². The van der Waals surface area contributed by atoms with E-state index in [2.05, 4.69) is 4.98 Å². The molecule has 2 aromatic rings. The van der Waals surface area contributed by atoms with Gasteiger partial charge in [-0.3, -0.25) is 9.36 Å². The van der Waals surface area contributed by atoms with E-state index in [1.54, 1.807) is 39.7 Å². The highest BCUT2D eigenvalue weighted by Gasteiger charge is 1.97. The van der Waals surface area contributed by atoms with Crippen LogP contribution in [-0.2, 0) is 0 Å². The third-order valence-electron chi connectivity index (χ3n) is 2.70. The monoisotopic (exact) mass is 275 g/mol. The average molecular weight is 275 g/mol. The molecule has 5 heteroatoms. The van der Waals surface area contributed by atoms with Gasteiger partial charge in [0.15, 0.2) is 0 Å². The summed E-state index contributed by atoms with van der Waals surface area (Å²) in [7, 11) is 0. The lowest BCUT2D eigenvalue weighted by atomic mass is 10.3. The Hall–Kier alpha value is -2.17. The maximum absolute atomic E-state index is 11.0. The van der Waals surface area contributed by atoms with E-state index < -0.39 is 0 Å². The maximum atomic E-state index is 11.0. The van der Waals surface area contributed by atoms with Crippen LogP contribution in [0.25, 0.3) is 0 Å². The molecule has 0 aliphatic heterocycles. The van der Waals surface area contributed by atoms with E-state index >= 15 is 0 Å². The Balaban J connectivity index is 0.000000200. The molecule has 2 heterocycles.